The summed E-state index contributed by atoms with van der Waals surface area (Å²) in [6.45, 7) is 2.56. The molecule has 1 N–H and O–H groups in total. The molecule has 9 heteroatoms. The second-order valence-electron chi connectivity index (χ2n) is 7.42. The van der Waals surface area contributed by atoms with E-state index in [1.54, 1.807) is 37.0 Å². The van der Waals surface area contributed by atoms with Crippen LogP contribution in [0, 0.1) is 0 Å². The first-order valence-corrected chi connectivity index (χ1v) is 11.6. The summed E-state index contributed by atoms with van der Waals surface area (Å²) in [5, 5.41) is 4.12. The summed E-state index contributed by atoms with van der Waals surface area (Å²) < 4.78 is 17.9. The van der Waals surface area contributed by atoms with E-state index in [0.29, 0.717) is 40.0 Å². The number of carbonyl (C=O) groups is 1. The number of aromatic nitrogens is 2. The molecule has 0 aliphatic rings. The van der Waals surface area contributed by atoms with Gasteiger partial charge in [0.05, 0.1) is 20.0 Å². The standard InChI is InChI=1S/C24H25N3O5S/c1-4-5-10-27-23(29)22-21(18-8-6-7-9-19(18)32-22)26-24(27)33-14-20(28)25-15-11-16(30-2)13-17(12-15)31-3/h6-9,11-13H,4-5,10,14H2,1-3H3,(H,25,28). The molecular weight excluding hydrogens is 442 g/mol. The number of rotatable bonds is 9. The zero-order valence-corrected chi connectivity index (χ0v) is 19.5. The Morgan fingerprint density at radius 2 is 1.88 bits per heavy atom. The number of nitrogens with zero attached hydrogens (tertiary/aromatic N) is 2. The van der Waals surface area contributed by atoms with E-state index < -0.39 is 0 Å². The molecule has 2 aromatic heterocycles. The number of amides is 1. The highest BCUT2D eigenvalue weighted by atomic mass is 32.2. The fourth-order valence-corrected chi connectivity index (χ4v) is 4.30. The van der Waals surface area contributed by atoms with Crippen molar-refractivity contribution in [2.24, 2.45) is 0 Å². The van der Waals surface area contributed by atoms with Crippen molar-refractivity contribution >= 4 is 45.4 Å². The van der Waals surface area contributed by atoms with Crippen LogP contribution < -0.4 is 20.3 Å². The van der Waals surface area contributed by atoms with Crippen LogP contribution in [0.25, 0.3) is 22.1 Å². The van der Waals surface area contributed by atoms with E-state index in [9.17, 15) is 9.59 Å². The molecule has 0 unspecified atom stereocenters. The lowest BCUT2D eigenvalue weighted by Gasteiger charge is -2.12. The summed E-state index contributed by atoms with van der Waals surface area (Å²) >= 11 is 1.22. The molecule has 2 heterocycles. The van der Waals surface area contributed by atoms with E-state index in [1.807, 2.05) is 24.3 Å². The normalized spacial score (nSPS) is 11.1. The third kappa shape index (κ3) is 4.83. The van der Waals surface area contributed by atoms with Crippen molar-refractivity contribution in [1.82, 2.24) is 9.55 Å². The molecule has 172 valence electrons. The number of nitrogens with one attached hydrogen (secondary N) is 1. The summed E-state index contributed by atoms with van der Waals surface area (Å²) in [7, 11) is 3.10. The molecule has 0 aliphatic carbocycles. The first-order chi connectivity index (χ1) is 16.0. The second kappa shape index (κ2) is 9.99. The molecular formula is C24H25N3O5S. The van der Waals surface area contributed by atoms with Crippen molar-refractivity contribution in [2.75, 3.05) is 25.3 Å². The molecule has 8 nitrogen and oxygen atoms in total. The number of hydrogen-bond acceptors (Lipinski definition) is 7. The van der Waals surface area contributed by atoms with Crippen LogP contribution in [-0.4, -0.2) is 35.4 Å². The fourth-order valence-electron chi connectivity index (χ4n) is 3.48. The van der Waals surface area contributed by atoms with E-state index in [0.717, 1.165) is 18.2 Å². The zero-order valence-electron chi connectivity index (χ0n) is 18.7. The molecule has 0 atom stereocenters. The van der Waals surface area contributed by atoms with E-state index >= 15 is 0 Å². The molecule has 4 aromatic rings. The van der Waals surface area contributed by atoms with Gasteiger partial charge in [0.15, 0.2) is 5.16 Å². The van der Waals surface area contributed by atoms with Crippen LogP contribution in [-0.2, 0) is 11.3 Å². The maximum Gasteiger partial charge on any atom is 0.297 e. The summed E-state index contributed by atoms with van der Waals surface area (Å²) in [6, 6.07) is 12.6. The first kappa shape index (κ1) is 22.7. The maximum atomic E-state index is 13.2. The number of hydrogen-bond donors (Lipinski definition) is 1. The predicted molar refractivity (Wildman–Crippen MR) is 130 cm³/mol. The molecule has 2 aromatic carbocycles. The van der Waals surface area contributed by atoms with Gasteiger partial charge in [-0.1, -0.05) is 37.2 Å². The van der Waals surface area contributed by atoms with Gasteiger partial charge in [0.2, 0.25) is 11.5 Å². The van der Waals surface area contributed by atoms with Gasteiger partial charge in [0.25, 0.3) is 5.56 Å². The van der Waals surface area contributed by atoms with Crippen LogP contribution in [0.5, 0.6) is 11.5 Å². The molecule has 0 fully saturated rings. The number of benzene rings is 2. The Labute approximate surface area is 194 Å². The molecule has 0 saturated carbocycles. The number of unbranched alkanes of at least 4 members (excludes halogenated alkanes) is 1. The third-order valence-electron chi connectivity index (χ3n) is 5.15. The lowest BCUT2D eigenvalue weighted by Crippen LogP contribution is -2.24. The number of fused-ring (bicyclic) bond motifs is 3. The summed E-state index contributed by atoms with van der Waals surface area (Å²) in [5.74, 6) is 0.998. The van der Waals surface area contributed by atoms with Crippen LogP contribution >= 0.6 is 11.8 Å². The van der Waals surface area contributed by atoms with Gasteiger partial charge in [-0.2, -0.15) is 0 Å². The Morgan fingerprint density at radius 3 is 2.58 bits per heavy atom. The largest absolute Gasteiger partial charge is 0.497 e. The number of ether oxygens (including phenoxy) is 2. The van der Waals surface area contributed by atoms with Crippen LogP contribution in [0.4, 0.5) is 5.69 Å². The molecule has 0 spiro atoms. The lowest BCUT2D eigenvalue weighted by molar-refractivity contribution is -0.113. The second-order valence-corrected chi connectivity index (χ2v) is 8.36. The monoisotopic (exact) mass is 467 g/mol. The first-order valence-electron chi connectivity index (χ1n) is 10.6. The minimum atomic E-state index is -0.233. The maximum absolute atomic E-state index is 13.2. The zero-order chi connectivity index (χ0) is 23.4. The van der Waals surface area contributed by atoms with Crippen LogP contribution in [0.3, 0.4) is 0 Å². The minimum Gasteiger partial charge on any atom is -0.497 e. The lowest BCUT2D eigenvalue weighted by atomic mass is 10.2. The highest BCUT2D eigenvalue weighted by Crippen LogP contribution is 2.28. The van der Waals surface area contributed by atoms with E-state index in [2.05, 4.69) is 12.2 Å². The van der Waals surface area contributed by atoms with Crippen LogP contribution in [0.2, 0.25) is 0 Å². The van der Waals surface area contributed by atoms with Crippen molar-refractivity contribution < 1.29 is 18.7 Å². The molecule has 0 radical (unpaired) electrons. The van der Waals surface area contributed by atoms with Gasteiger partial charge in [0.1, 0.15) is 22.6 Å². The van der Waals surface area contributed by atoms with Crippen molar-refractivity contribution in [3.8, 4) is 11.5 Å². The molecule has 33 heavy (non-hydrogen) atoms. The van der Waals surface area contributed by atoms with E-state index in [1.165, 1.54) is 11.8 Å². The number of methoxy groups -OCH3 is 2. The van der Waals surface area contributed by atoms with Crippen molar-refractivity contribution in [1.29, 1.82) is 0 Å². The van der Waals surface area contributed by atoms with Gasteiger partial charge in [-0.05, 0) is 18.6 Å². The number of para-hydroxylation sites is 1. The Hall–Kier alpha value is -3.46. The van der Waals surface area contributed by atoms with Crippen molar-refractivity contribution in [2.45, 2.75) is 31.5 Å². The van der Waals surface area contributed by atoms with Gasteiger partial charge in [-0.15, -0.1) is 0 Å². The van der Waals surface area contributed by atoms with E-state index in [-0.39, 0.29) is 22.8 Å². The van der Waals surface area contributed by atoms with E-state index in [4.69, 9.17) is 18.9 Å². The van der Waals surface area contributed by atoms with Gasteiger partial charge in [-0.3, -0.25) is 14.2 Å². The number of anilines is 1. The van der Waals surface area contributed by atoms with Crippen molar-refractivity contribution in [3.63, 3.8) is 0 Å². The third-order valence-corrected chi connectivity index (χ3v) is 6.13. The highest BCUT2D eigenvalue weighted by molar-refractivity contribution is 7.99. The smallest absolute Gasteiger partial charge is 0.297 e. The molecule has 0 saturated heterocycles. The molecule has 1 amide bonds. The molecule has 4 rings (SSSR count). The number of carbonyl (C=O) groups excluding carboxylic acids is 1. The van der Waals surface area contributed by atoms with Crippen LogP contribution in [0.1, 0.15) is 19.8 Å². The minimum absolute atomic E-state index is 0.0827. The predicted octanol–water partition coefficient (Wildman–Crippen LogP) is 4.69. The fraction of sp³-hybridized carbons (Fsp3) is 0.292. The van der Waals surface area contributed by atoms with Gasteiger partial charge in [0, 0.05) is 35.8 Å². The summed E-state index contributed by atoms with van der Waals surface area (Å²) in [5.41, 5.74) is 1.70. The van der Waals surface area contributed by atoms with Crippen molar-refractivity contribution in [3.05, 3.63) is 52.8 Å². The number of thioether (sulfide) groups is 1. The Morgan fingerprint density at radius 1 is 1.15 bits per heavy atom. The average Bonchev–Trinajstić information content (AvgIpc) is 3.21. The van der Waals surface area contributed by atoms with Gasteiger partial charge < -0.3 is 19.2 Å². The summed E-state index contributed by atoms with van der Waals surface area (Å²) in [6.07, 6.45) is 1.74. The SMILES string of the molecule is CCCCn1c(SCC(=O)Nc2cc(OC)cc(OC)c2)nc2c(oc3ccccc32)c1=O. The Balaban J connectivity index is 1.61. The molecule has 0 aliphatic heterocycles. The number of furan rings is 1. The van der Waals surface area contributed by atoms with Gasteiger partial charge in [-0.25, -0.2) is 4.98 Å². The highest BCUT2D eigenvalue weighted by Gasteiger charge is 2.18. The quantitative estimate of drug-likeness (QED) is 0.282. The average molecular weight is 468 g/mol. The Bertz CT molecular complexity index is 1340. The summed E-state index contributed by atoms with van der Waals surface area (Å²) in [4.78, 5) is 30.6. The van der Waals surface area contributed by atoms with Gasteiger partial charge >= 0.3 is 0 Å². The van der Waals surface area contributed by atoms with Crippen LogP contribution in [0.15, 0.2) is 56.8 Å². The topological polar surface area (TPSA) is 95.6 Å². The Kier molecular flexibility index (Phi) is 6.88. The molecule has 0 bridgehead atoms.